The molecule has 0 fully saturated rings. The first-order chi connectivity index (χ1) is 11.1. The fraction of sp³-hybridized carbons (Fsp3) is 0.438. The number of rotatable bonds is 6. The smallest absolute Gasteiger partial charge is 0.343 e. The first-order valence-electron chi connectivity index (χ1n) is 7.28. The van der Waals surface area contributed by atoms with E-state index in [4.69, 9.17) is 5.26 Å². The van der Waals surface area contributed by atoms with Crippen LogP contribution < -0.4 is 10.6 Å². The van der Waals surface area contributed by atoms with Gasteiger partial charge in [0, 0.05) is 5.56 Å². The van der Waals surface area contributed by atoms with Crippen molar-refractivity contribution in [1.82, 2.24) is 10.6 Å². The number of hydrogen-bond donors (Lipinski definition) is 2. The van der Waals surface area contributed by atoms with E-state index < -0.39 is 29.6 Å². The SMILES string of the molecule is CC(C)C[C@H](C#N)NC(=O)CNC(=O)c1ccc(C(F)(F)F)cc1. The van der Waals surface area contributed by atoms with E-state index in [0.717, 1.165) is 24.3 Å². The number of carbonyl (C=O) groups excluding carboxylic acids is 2. The van der Waals surface area contributed by atoms with Crippen LogP contribution in [-0.2, 0) is 11.0 Å². The zero-order valence-electron chi connectivity index (χ0n) is 13.3. The third-order valence-corrected chi connectivity index (χ3v) is 3.08. The van der Waals surface area contributed by atoms with Gasteiger partial charge >= 0.3 is 6.18 Å². The number of nitrogens with zero attached hydrogens (tertiary/aromatic N) is 1. The molecule has 2 N–H and O–H groups in total. The lowest BCUT2D eigenvalue weighted by molar-refractivity contribution is -0.137. The molecule has 1 aromatic rings. The summed E-state index contributed by atoms with van der Waals surface area (Å²) in [4.78, 5) is 23.5. The van der Waals surface area contributed by atoms with Crippen LogP contribution in [0.5, 0.6) is 0 Å². The Kier molecular flexibility index (Phi) is 6.77. The minimum Gasteiger partial charge on any atom is -0.343 e. The molecule has 5 nitrogen and oxygen atoms in total. The third kappa shape index (κ3) is 6.28. The molecule has 0 spiro atoms. The third-order valence-electron chi connectivity index (χ3n) is 3.08. The minimum atomic E-state index is -4.47. The van der Waals surface area contributed by atoms with Crippen LogP contribution in [0.3, 0.4) is 0 Å². The Labute approximate surface area is 137 Å². The largest absolute Gasteiger partial charge is 0.416 e. The molecule has 0 aliphatic heterocycles. The van der Waals surface area contributed by atoms with Crippen molar-refractivity contribution >= 4 is 11.8 Å². The van der Waals surface area contributed by atoms with Crippen LogP contribution in [0.4, 0.5) is 13.2 Å². The summed E-state index contributed by atoms with van der Waals surface area (Å²) in [6, 6.07) is 4.96. The number of halogens is 3. The Morgan fingerprint density at radius 3 is 2.25 bits per heavy atom. The van der Waals surface area contributed by atoms with Crippen LogP contribution in [0, 0.1) is 17.2 Å². The summed E-state index contributed by atoms with van der Waals surface area (Å²) in [5.41, 5.74) is -0.850. The molecule has 130 valence electrons. The molecule has 24 heavy (non-hydrogen) atoms. The van der Waals surface area contributed by atoms with Gasteiger partial charge < -0.3 is 10.6 Å². The number of carbonyl (C=O) groups is 2. The summed E-state index contributed by atoms with van der Waals surface area (Å²) in [5, 5.41) is 13.7. The molecule has 0 unspecified atom stereocenters. The van der Waals surface area contributed by atoms with Crippen LogP contribution in [0.2, 0.25) is 0 Å². The lowest BCUT2D eigenvalue weighted by atomic mass is 10.1. The molecule has 2 amide bonds. The minimum absolute atomic E-state index is 0.00909. The number of nitriles is 1. The highest BCUT2D eigenvalue weighted by Crippen LogP contribution is 2.29. The highest BCUT2D eigenvalue weighted by atomic mass is 19.4. The summed E-state index contributed by atoms with van der Waals surface area (Å²) in [7, 11) is 0. The molecule has 0 aromatic heterocycles. The van der Waals surface area contributed by atoms with Gasteiger partial charge in [0.15, 0.2) is 0 Å². The van der Waals surface area contributed by atoms with E-state index in [0.29, 0.717) is 6.42 Å². The van der Waals surface area contributed by atoms with E-state index in [1.807, 2.05) is 19.9 Å². The zero-order valence-corrected chi connectivity index (χ0v) is 13.3. The molecule has 0 bridgehead atoms. The van der Waals surface area contributed by atoms with Crippen LogP contribution in [0.1, 0.15) is 36.2 Å². The van der Waals surface area contributed by atoms with Gasteiger partial charge in [0.1, 0.15) is 6.04 Å². The molecule has 0 saturated heterocycles. The predicted molar refractivity (Wildman–Crippen MR) is 80.8 cm³/mol. The molecule has 1 rings (SSSR count). The molecule has 0 aliphatic rings. The average molecular weight is 341 g/mol. The topological polar surface area (TPSA) is 82.0 Å². The number of alkyl halides is 3. The fourth-order valence-electron chi connectivity index (χ4n) is 1.93. The van der Waals surface area contributed by atoms with Gasteiger partial charge in [-0.2, -0.15) is 18.4 Å². The fourth-order valence-corrected chi connectivity index (χ4v) is 1.93. The quantitative estimate of drug-likeness (QED) is 0.834. The van der Waals surface area contributed by atoms with Crippen molar-refractivity contribution in [2.24, 2.45) is 5.92 Å². The summed E-state index contributed by atoms with van der Waals surface area (Å²) >= 11 is 0. The van der Waals surface area contributed by atoms with Crippen molar-refractivity contribution in [3.05, 3.63) is 35.4 Å². The highest BCUT2D eigenvalue weighted by Gasteiger charge is 2.30. The van der Waals surface area contributed by atoms with Gasteiger partial charge in [0.25, 0.3) is 5.91 Å². The van der Waals surface area contributed by atoms with Crippen LogP contribution in [0.15, 0.2) is 24.3 Å². The molecule has 0 saturated carbocycles. The molecule has 0 heterocycles. The molecular formula is C16H18F3N3O2. The standard InChI is InChI=1S/C16H18F3N3O2/c1-10(2)7-13(8-20)22-14(23)9-21-15(24)11-3-5-12(6-4-11)16(17,18)19/h3-6,10,13H,7,9H2,1-2H3,(H,21,24)(H,22,23)/t13-/m1/s1. The second-order valence-corrected chi connectivity index (χ2v) is 5.64. The molecular weight excluding hydrogens is 323 g/mol. The maximum Gasteiger partial charge on any atom is 0.416 e. The summed E-state index contributed by atoms with van der Waals surface area (Å²) in [6.07, 6.45) is -3.99. The maximum absolute atomic E-state index is 12.4. The van der Waals surface area contributed by atoms with E-state index in [1.165, 1.54) is 0 Å². The Hall–Kier alpha value is -2.56. The van der Waals surface area contributed by atoms with Crippen molar-refractivity contribution < 1.29 is 22.8 Å². The highest BCUT2D eigenvalue weighted by molar-refractivity contribution is 5.96. The number of amides is 2. The van der Waals surface area contributed by atoms with Crippen molar-refractivity contribution in [1.29, 1.82) is 5.26 Å². The van der Waals surface area contributed by atoms with Gasteiger partial charge in [0.05, 0.1) is 18.2 Å². The lowest BCUT2D eigenvalue weighted by Crippen LogP contribution is -2.41. The van der Waals surface area contributed by atoms with E-state index in [1.54, 1.807) is 0 Å². The van der Waals surface area contributed by atoms with E-state index >= 15 is 0 Å². The van der Waals surface area contributed by atoms with Crippen molar-refractivity contribution in [2.45, 2.75) is 32.5 Å². The van der Waals surface area contributed by atoms with Gasteiger partial charge in [-0.15, -0.1) is 0 Å². The monoisotopic (exact) mass is 341 g/mol. The van der Waals surface area contributed by atoms with Gasteiger partial charge in [0.2, 0.25) is 5.91 Å². The zero-order chi connectivity index (χ0) is 18.3. The lowest BCUT2D eigenvalue weighted by Gasteiger charge is -2.14. The Morgan fingerprint density at radius 2 is 1.79 bits per heavy atom. The van der Waals surface area contributed by atoms with E-state index in [-0.39, 0.29) is 18.0 Å². The number of nitrogens with one attached hydrogen (secondary N) is 2. The Balaban J connectivity index is 2.54. The summed E-state index contributed by atoms with van der Waals surface area (Å²) in [5.74, 6) is -0.990. The second-order valence-electron chi connectivity index (χ2n) is 5.64. The summed E-state index contributed by atoms with van der Waals surface area (Å²) < 4.78 is 37.3. The Bertz CT molecular complexity index is 619. The Morgan fingerprint density at radius 1 is 1.21 bits per heavy atom. The van der Waals surface area contributed by atoms with Gasteiger partial charge in [-0.25, -0.2) is 0 Å². The number of benzene rings is 1. The molecule has 1 aromatic carbocycles. The number of hydrogen-bond acceptors (Lipinski definition) is 3. The maximum atomic E-state index is 12.4. The van der Waals surface area contributed by atoms with Crippen LogP contribution >= 0.6 is 0 Å². The van der Waals surface area contributed by atoms with Crippen molar-refractivity contribution in [3.63, 3.8) is 0 Å². The van der Waals surface area contributed by atoms with Crippen LogP contribution in [-0.4, -0.2) is 24.4 Å². The van der Waals surface area contributed by atoms with Crippen molar-refractivity contribution in [2.75, 3.05) is 6.54 Å². The predicted octanol–water partition coefficient (Wildman–Crippen LogP) is 2.49. The van der Waals surface area contributed by atoms with Gasteiger partial charge in [-0.1, -0.05) is 13.8 Å². The van der Waals surface area contributed by atoms with Crippen molar-refractivity contribution in [3.8, 4) is 6.07 Å². The van der Waals surface area contributed by atoms with Crippen LogP contribution in [0.25, 0.3) is 0 Å². The average Bonchev–Trinajstić information content (AvgIpc) is 2.50. The van der Waals surface area contributed by atoms with E-state index in [2.05, 4.69) is 10.6 Å². The molecule has 0 radical (unpaired) electrons. The van der Waals surface area contributed by atoms with Gasteiger partial charge in [-0.05, 0) is 36.6 Å². The normalized spacial score (nSPS) is 12.4. The first-order valence-corrected chi connectivity index (χ1v) is 7.28. The summed E-state index contributed by atoms with van der Waals surface area (Å²) in [6.45, 7) is 3.45. The van der Waals surface area contributed by atoms with Gasteiger partial charge in [-0.3, -0.25) is 9.59 Å². The molecule has 0 aliphatic carbocycles. The van der Waals surface area contributed by atoms with E-state index in [9.17, 15) is 22.8 Å². The molecule has 8 heteroatoms. The molecule has 1 atom stereocenters. The first kappa shape index (κ1) is 19.5. The second kappa shape index (κ2) is 8.34.